The number of hydrogen-bond acceptors (Lipinski definition) is 5. The van der Waals surface area contributed by atoms with Crippen LogP contribution in [-0.2, 0) is 14.3 Å². The van der Waals surface area contributed by atoms with Gasteiger partial charge in [-0.1, -0.05) is 13.8 Å². The standard InChI is InChI=1S/C12H24N2O3S/c1-5-6-14-12(3,11(16)17-4)7-9(2)18-8-10(13)15/h9,14H,5-8H2,1-4H3,(H2,13,15). The molecule has 6 heteroatoms. The summed E-state index contributed by atoms with van der Waals surface area (Å²) >= 11 is 1.45. The molecule has 0 aromatic heterocycles. The van der Waals surface area contributed by atoms with Crippen LogP contribution in [0.15, 0.2) is 0 Å². The van der Waals surface area contributed by atoms with E-state index in [0.717, 1.165) is 13.0 Å². The van der Waals surface area contributed by atoms with Crippen LogP contribution in [-0.4, -0.2) is 42.1 Å². The van der Waals surface area contributed by atoms with Gasteiger partial charge >= 0.3 is 5.97 Å². The first-order valence-electron chi connectivity index (χ1n) is 6.09. The number of carbonyl (C=O) groups excluding carboxylic acids is 2. The van der Waals surface area contributed by atoms with Crippen LogP contribution in [0.4, 0.5) is 0 Å². The Kier molecular flexibility index (Phi) is 8.02. The summed E-state index contributed by atoms with van der Waals surface area (Å²) in [5.74, 6) is -0.345. The van der Waals surface area contributed by atoms with Crippen molar-refractivity contribution in [2.45, 2.75) is 44.4 Å². The second-order valence-electron chi connectivity index (χ2n) is 4.54. The van der Waals surface area contributed by atoms with Crippen LogP contribution < -0.4 is 11.1 Å². The molecule has 0 aliphatic heterocycles. The number of ether oxygens (including phenoxy) is 1. The van der Waals surface area contributed by atoms with Crippen molar-refractivity contribution >= 4 is 23.6 Å². The highest BCUT2D eigenvalue weighted by Crippen LogP contribution is 2.23. The molecule has 0 aliphatic carbocycles. The minimum absolute atomic E-state index is 0.144. The Morgan fingerprint density at radius 1 is 1.50 bits per heavy atom. The van der Waals surface area contributed by atoms with Crippen molar-refractivity contribution < 1.29 is 14.3 Å². The molecular weight excluding hydrogens is 252 g/mol. The molecule has 2 unspecified atom stereocenters. The van der Waals surface area contributed by atoms with Crippen LogP contribution in [0.1, 0.15) is 33.6 Å². The lowest BCUT2D eigenvalue weighted by Crippen LogP contribution is -2.52. The number of nitrogens with two attached hydrogens (primary N) is 1. The normalized spacial score (nSPS) is 15.8. The number of thioether (sulfide) groups is 1. The van der Waals surface area contributed by atoms with Gasteiger partial charge in [-0.2, -0.15) is 0 Å². The molecule has 0 bridgehead atoms. The number of methoxy groups -OCH3 is 1. The third kappa shape index (κ3) is 6.26. The van der Waals surface area contributed by atoms with E-state index in [4.69, 9.17) is 10.5 Å². The molecule has 0 fully saturated rings. The molecule has 5 nitrogen and oxygen atoms in total. The minimum Gasteiger partial charge on any atom is -0.468 e. The summed E-state index contributed by atoms with van der Waals surface area (Å²) in [6.07, 6.45) is 1.53. The first-order chi connectivity index (χ1) is 8.35. The van der Waals surface area contributed by atoms with Crippen LogP contribution in [0.5, 0.6) is 0 Å². The lowest BCUT2D eigenvalue weighted by molar-refractivity contribution is -0.148. The molecule has 2 atom stereocenters. The van der Waals surface area contributed by atoms with Gasteiger partial charge in [-0.05, 0) is 26.3 Å². The fourth-order valence-electron chi connectivity index (χ4n) is 1.71. The van der Waals surface area contributed by atoms with Crippen LogP contribution in [0.2, 0.25) is 0 Å². The van der Waals surface area contributed by atoms with Gasteiger partial charge in [0.25, 0.3) is 0 Å². The fourth-order valence-corrected chi connectivity index (χ4v) is 2.61. The molecule has 0 aliphatic rings. The summed E-state index contributed by atoms with van der Waals surface area (Å²) in [6, 6.07) is 0. The Bertz CT molecular complexity index is 286. The van der Waals surface area contributed by atoms with E-state index in [-0.39, 0.29) is 22.9 Å². The molecule has 0 saturated carbocycles. The Labute approximate surface area is 113 Å². The molecule has 18 heavy (non-hydrogen) atoms. The lowest BCUT2D eigenvalue weighted by atomic mass is 9.96. The van der Waals surface area contributed by atoms with Crippen molar-refractivity contribution in [3.8, 4) is 0 Å². The quantitative estimate of drug-likeness (QED) is 0.612. The van der Waals surface area contributed by atoms with Crippen LogP contribution in [0.3, 0.4) is 0 Å². The molecule has 0 aromatic carbocycles. The second kappa shape index (κ2) is 8.37. The summed E-state index contributed by atoms with van der Waals surface area (Å²) in [7, 11) is 1.38. The van der Waals surface area contributed by atoms with Gasteiger partial charge in [0, 0.05) is 5.25 Å². The molecule has 106 valence electrons. The summed E-state index contributed by atoms with van der Waals surface area (Å²) in [4.78, 5) is 22.6. The Morgan fingerprint density at radius 3 is 2.56 bits per heavy atom. The van der Waals surface area contributed by atoms with Gasteiger partial charge in [0.2, 0.25) is 5.91 Å². The molecule has 0 heterocycles. The zero-order chi connectivity index (χ0) is 14.2. The summed E-state index contributed by atoms with van der Waals surface area (Å²) < 4.78 is 4.84. The smallest absolute Gasteiger partial charge is 0.325 e. The topological polar surface area (TPSA) is 81.4 Å². The predicted molar refractivity (Wildman–Crippen MR) is 74.4 cm³/mol. The zero-order valence-electron chi connectivity index (χ0n) is 11.6. The fraction of sp³-hybridized carbons (Fsp3) is 0.833. The molecule has 3 N–H and O–H groups in total. The van der Waals surface area contributed by atoms with E-state index in [1.165, 1.54) is 18.9 Å². The minimum atomic E-state index is -0.713. The highest BCUT2D eigenvalue weighted by molar-refractivity contribution is 8.00. The number of nitrogens with one attached hydrogen (secondary N) is 1. The lowest BCUT2D eigenvalue weighted by Gasteiger charge is -2.30. The van der Waals surface area contributed by atoms with Crippen LogP contribution >= 0.6 is 11.8 Å². The summed E-state index contributed by atoms with van der Waals surface area (Å²) in [5.41, 5.74) is 4.39. The Balaban J connectivity index is 4.47. The van der Waals surface area contributed by atoms with E-state index in [2.05, 4.69) is 5.32 Å². The van der Waals surface area contributed by atoms with Gasteiger partial charge in [-0.15, -0.1) is 11.8 Å². The van der Waals surface area contributed by atoms with Crippen molar-refractivity contribution in [1.29, 1.82) is 0 Å². The zero-order valence-corrected chi connectivity index (χ0v) is 12.4. The molecule has 0 rings (SSSR count). The molecule has 0 aromatic rings. The van der Waals surface area contributed by atoms with Gasteiger partial charge in [-0.3, -0.25) is 9.59 Å². The van der Waals surface area contributed by atoms with Crippen molar-refractivity contribution in [3.05, 3.63) is 0 Å². The molecule has 0 saturated heterocycles. The van der Waals surface area contributed by atoms with Gasteiger partial charge in [0.15, 0.2) is 0 Å². The molecule has 0 spiro atoms. The number of rotatable bonds is 9. The summed E-state index contributed by atoms with van der Waals surface area (Å²) in [5, 5.41) is 3.36. The maximum Gasteiger partial charge on any atom is 0.325 e. The van der Waals surface area contributed by atoms with Gasteiger partial charge in [-0.25, -0.2) is 0 Å². The van der Waals surface area contributed by atoms with Gasteiger partial charge < -0.3 is 15.8 Å². The van der Waals surface area contributed by atoms with Crippen molar-refractivity contribution in [1.82, 2.24) is 5.32 Å². The van der Waals surface area contributed by atoms with E-state index < -0.39 is 5.54 Å². The second-order valence-corrected chi connectivity index (χ2v) is 5.97. The van der Waals surface area contributed by atoms with Crippen molar-refractivity contribution in [2.75, 3.05) is 19.4 Å². The van der Waals surface area contributed by atoms with E-state index in [1.54, 1.807) is 0 Å². The average molecular weight is 276 g/mol. The van der Waals surface area contributed by atoms with Crippen molar-refractivity contribution in [3.63, 3.8) is 0 Å². The maximum absolute atomic E-state index is 11.8. The SMILES string of the molecule is CCCNC(C)(CC(C)SCC(N)=O)C(=O)OC. The van der Waals surface area contributed by atoms with Gasteiger partial charge in [0.1, 0.15) is 5.54 Å². The predicted octanol–water partition coefficient (Wildman–Crippen LogP) is 0.915. The molecular formula is C12H24N2O3S. The van der Waals surface area contributed by atoms with E-state index in [9.17, 15) is 9.59 Å². The first-order valence-corrected chi connectivity index (χ1v) is 7.14. The number of carbonyl (C=O) groups is 2. The Morgan fingerprint density at radius 2 is 2.11 bits per heavy atom. The largest absolute Gasteiger partial charge is 0.468 e. The van der Waals surface area contributed by atoms with E-state index in [1.807, 2.05) is 20.8 Å². The highest BCUT2D eigenvalue weighted by atomic mass is 32.2. The van der Waals surface area contributed by atoms with E-state index in [0.29, 0.717) is 6.42 Å². The maximum atomic E-state index is 11.8. The molecule has 0 radical (unpaired) electrons. The third-order valence-electron chi connectivity index (χ3n) is 2.61. The van der Waals surface area contributed by atoms with Gasteiger partial charge in [0.05, 0.1) is 12.9 Å². The van der Waals surface area contributed by atoms with E-state index >= 15 is 0 Å². The van der Waals surface area contributed by atoms with Crippen LogP contribution in [0.25, 0.3) is 0 Å². The molecule has 1 amide bonds. The van der Waals surface area contributed by atoms with Crippen LogP contribution in [0, 0.1) is 0 Å². The van der Waals surface area contributed by atoms with Crippen molar-refractivity contribution in [2.24, 2.45) is 5.73 Å². The third-order valence-corrected chi connectivity index (χ3v) is 3.79. The number of hydrogen-bond donors (Lipinski definition) is 2. The average Bonchev–Trinajstić information content (AvgIpc) is 2.32. The number of amides is 1. The Hall–Kier alpha value is -0.750. The highest BCUT2D eigenvalue weighted by Gasteiger charge is 2.35. The first kappa shape index (κ1) is 17.2. The number of esters is 1. The number of primary amides is 1. The monoisotopic (exact) mass is 276 g/mol. The summed E-state index contributed by atoms with van der Waals surface area (Å²) in [6.45, 7) is 6.59.